The van der Waals surface area contributed by atoms with Gasteiger partial charge in [-0.25, -0.2) is 8.78 Å². The number of nitrogens with one attached hydrogen (secondary N) is 2. The molecule has 146 valence electrons. The van der Waals surface area contributed by atoms with Gasteiger partial charge in [0.2, 0.25) is 0 Å². The normalized spacial score (nSPS) is 26.2. The first-order chi connectivity index (χ1) is 12.3. The summed E-state index contributed by atoms with van der Waals surface area (Å²) in [6.07, 6.45) is -5.35. The summed E-state index contributed by atoms with van der Waals surface area (Å²) in [4.78, 5) is 0. The molecule has 1 aliphatic heterocycles. The van der Waals surface area contributed by atoms with Gasteiger partial charge in [0, 0.05) is 13.5 Å². The lowest BCUT2D eigenvalue weighted by atomic mass is 9.91. The largest absolute Gasteiger partial charge is 0.497 e. The minimum Gasteiger partial charge on any atom is -0.497 e. The molecular weight excluding hydrogens is 366 g/mol. The third-order valence-electron chi connectivity index (χ3n) is 4.39. The fourth-order valence-corrected chi connectivity index (χ4v) is 2.96. The number of hydrogen-bond donors (Lipinski definition) is 4. The number of aliphatic hydroxyl groups excluding tert-OH is 2. The van der Waals surface area contributed by atoms with E-state index in [1.54, 1.807) is 31.3 Å². The third kappa shape index (κ3) is 5.00. The van der Waals surface area contributed by atoms with Crippen LogP contribution in [0.25, 0.3) is 0 Å². The highest BCUT2D eigenvalue weighted by Gasteiger charge is 2.51. The first-order valence-electron chi connectivity index (χ1n) is 8.25. The van der Waals surface area contributed by atoms with Crippen LogP contribution >= 0.6 is 12.2 Å². The molecule has 1 aromatic carbocycles. The van der Waals surface area contributed by atoms with E-state index in [2.05, 4.69) is 10.6 Å². The number of methoxy groups -OCH3 is 1. The molecule has 0 aromatic heterocycles. The van der Waals surface area contributed by atoms with Crippen molar-refractivity contribution in [3.05, 3.63) is 29.8 Å². The Balaban J connectivity index is 1.96. The smallest absolute Gasteiger partial charge is 0.276 e. The molecule has 0 radical (unpaired) electrons. The Hall–Kier alpha value is -1.55. The molecule has 0 spiro atoms. The molecule has 0 unspecified atom stereocenters. The van der Waals surface area contributed by atoms with Gasteiger partial charge in [0.1, 0.15) is 24.1 Å². The van der Waals surface area contributed by atoms with Crippen molar-refractivity contribution in [1.29, 1.82) is 0 Å². The van der Waals surface area contributed by atoms with Gasteiger partial charge in [-0.2, -0.15) is 0 Å². The Bertz CT molecular complexity index is 603. The Morgan fingerprint density at radius 1 is 1.31 bits per heavy atom. The Morgan fingerprint density at radius 2 is 1.96 bits per heavy atom. The van der Waals surface area contributed by atoms with Crippen LogP contribution in [0, 0.1) is 0 Å². The molecule has 0 saturated carbocycles. The van der Waals surface area contributed by atoms with Gasteiger partial charge >= 0.3 is 0 Å². The summed E-state index contributed by atoms with van der Waals surface area (Å²) < 4.78 is 39.3. The van der Waals surface area contributed by atoms with E-state index in [1.165, 1.54) is 7.11 Å². The molecule has 6 nitrogen and oxygen atoms in total. The zero-order chi connectivity index (χ0) is 19.3. The maximum Gasteiger partial charge on any atom is 0.276 e. The van der Waals surface area contributed by atoms with Crippen LogP contribution in [0.2, 0.25) is 0 Å². The minimum absolute atomic E-state index is 0.102. The molecule has 4 atom stereocenters. The number of aliphatic hydroxyl groups is 2. The van der Waals surface area contributed by atoms with Gasteiger partial charge < -0.3 is 30.3 Å². The second kappa shape index (κ2) is 8.90. The third-order valence-corrected chi connectivity index (χ3v) is 4.72. The average Bonchev–Trinajstić information content (AvgIpc) is 2.64. The molecule has 1 fully saturated rings. The lowest BCUT2D eigenvalue weighted by molar-refractivity contribution is -0.230. The number of aryl methyl sites for hydroxylation is 1. The van der Waals surface area contributed by atoms with E-state index >= 15 is 0 Å². The van der Waals surface area contributed by atoms with Crippen LogP contribution in [-0.2, 0) is 11.2 Å². The zero-order valence-corrected chi connectivity index (χ0v) is 15.4. The van der Waals surface area contributed by atoms with E-state index in [4.69, 9.17) is 21.7 Å². The highest BCUT2D eigenvalue weighted by Crippen LogP contribution is 2.33. The summed E-state index contributed by atoms with van der Waals surface area (Å²) in [6.45, 7) is -0.192. The highest BCUT2D eigenvalue weighted by molar-refractivity contribution is 7.80. The summed E-state index contributed by atoms with van der Waals surface area (Å²) in [5, 5.41) is 25.9. The lowest BCUT2D eigenvalue weighted by Gasteiger charge is -2.41. The predicted molar refractivity (Wildman–Crippen MR) is 96.6 cm³/mol. The molecule has 0 bridgehead atoms. The molecule has 1 aliphatic rings. The van der Waals surface area contributed by atoms with Gasteiger partial charge in [-0.05, 0) is 36.3 Å². The molecule has 9 heteroatoms. The van der Waals surface area contributed by atoms with Crippen molar-refractivity contribution >= 4 is 17.3 Å². The quantitative estimate of drug-likeness (QED) is 0.536. The van der Waals surface area contributed by atoms with Gasteiger partial charge in [0.05, 0.1) is 19.8 Å². The highest BCUT2D eigenvalue weighted by atomic mass is 32.1. The van der Waals surface area contributed by atoms with Crippen molar-refractivity contribution < 1.29 is 28.5 Å². The van der Waals surface area contributed by atoms with Gasteiger partial charge in [-0.3, -0.25) is 0 Å². The predicted octanol–water partition coefficient (Wildman–Crippen LogP) is 0.846. The van der Waals surface area contributed by atoms with E-state index in [0.717, 1.165) is 5.56 Å². The molecule has 2 rings (SSSR count). The summed E-state index contributed by atoms with van der Waals surface area (Å²) in [6, 6.07) is 6.05. The van der Waals surface area contributed by atoms with Crippen molar-refractivity contribution in [2.45, 2.75) is 43.1 Å². The van der Waals surface area contributed by atoms with Crippen molar-refractivity contribution in [1.82, 2.24) is 10.6 Å². The number of ether oxygens (including phenoxy) is 2. The molecular formula is C17H24F2N2O4S. The number of hydrogen-bond acceptors (Lipinski definition) is 5. The van der Waals surface area contributed by atoms with Gasteiger partial charge in [-0.1, -0.05) is 12.1 Å². The van der Waals surface area contributed by atoms with E-state index in [-0.39, 0.29) is 18.1 Å². The van der Waals surface area contributed by atoms with Crippen LogP contribution in [0.15, 0.2) is 24.3 Å². The number of halogens is 2. The number of rotatable bonds is 6. The second-order valence-electron chi connectivity index (χ2n) is 6.17. The van der Waals surface area contributed by atoms with Crippen molar-refractivity contribution in [3.63, 3.8) is 0 Å². The lowest BCUT2D eigenvalue weighted by Crippen LogP contribution is -2.63. The van der Waals surface area contributed by atoms with E-state index < -0.39 is 36.7 Å². The summed E-state index contributed by atoms with van der Waals surface area (Å²) in [7, 11) is 3.11. The Kier molecular flexibility index (Phi) is 7.10. The Labute approximate surface area is 156 Å². The Morgan fingerprint density at radius 3 is 2.54 bits per heavy atom. The molecule has 4 N–H and O–H groups in total. The maximum absolute atomic E-state index is 14.5. The summed E-state index contributed by atoms with van der Waals surface area (Å²) in [5.74, 6) is -2.65. The second-order valence-corrected chi connectivity index (χ2v) is 6.58. The topological polar surface area (TPSA) is 83.0 Å². The van der Waals surface area contributed by atoms with Crippen LogP contribution in [0.1, 0.15) is 12.0 Å². The van der Waals surface area contributed by atoms with Crippen LogP contribution in [0.5, 0.6) is 5.75 Å². The SMILES string of the molecule is CNC(=S)N[C@H]1CO[C@H](C(F)(F)CCc2ccc(OC)cc2)[C@@H](O)[C@@H]1O. The fourth-order valence-electron chi connectivity index (χ4n) is 2.81. The molecule has 1 heterocycles. The monoisotopic (exact) mass is 390 g/mol. The zero-order valence-electron chi connectivity index (χ0n) is 14.6. The molecule has 1 aromatic rings. The number of thiocarbonyl (C=S) groups is 1. The molecule has 0 amide bonds. The van der Waals surface area contributed by atoms with E-state index in [0.29, 0.717) is 5.75 Å². The van der Waals surface area contributed by atoms with Crippen LogP contribution in [0.3, 0.4) is 0 Å². The van der Waals surface area contributed by atoms with Crippen molar-refractivity contribution in [3.8, 4) is 5.75 Å². The van der Waals surface area contributed by atoms with E-state index in [1.807, 2.05) is 0 Å². The van der Waals surface area contributed by atoms with Crippen LogP contribution < -0.4 is 15.4 Å². The maximum atomic E-state index is 14.5. The first kappa shape index (κ1) is 20.8. The van der Waals surface area contributed by atoms with Crippen LogP contribution in [-0.4, -0.2) is 66.4 Å². The van der Waals surface area contributed by atoms with Gasteiger partial charge in [-0.15, -0.1) is 0 Å². The summed E-state index contributed by atoms with van der Waals surface area (Å²) in [5.41, 5.74) is 0.718. The standard InChI is InChI=1S/C17H24F2N2O4S/c1-20-16(26)21-12-9-25-15(14(23)13(12)22)17(18,19)8-7-10-3-5-11(24-2)6-4-10/h3-6,12-15,22-23H,7-9H2,1-2H3,(H2,20,21,26)/t12-,13+,14-,15-/m0/s1. The van der Waals surface area contributed by atoms with Gasteiger partial charge in [0.15, 0.2) is 5.11 Å². The van der Waals surface area contributed by atoms with Gasteiger partial charge in [0.25, 0.3) is 5.92 Å². The van der Waals surface area contributed by atoms with Crippen molar-refractivity contribution in [2.75, 3.05) is 20.8 Å². The average molecular weight is 390 g/mol. The number of alkyl halides is 2. The number of benzene rings is 1. The van der Waals surface area contributed by atoms with E-state index in [9.17, 15) is 19.0 Å². The molecule has 1 saturated heterocycles. The van der Waals surface area contributed by atoms with Crippen LogP contribution in [0.4, 0.5) is 8.78 Å². The first-order valence-corrected chi connectivity index (χ1v) is 8.66. The fraction of sp³-hybridized carbons (Fsp3) is 0.588. The van der Waals surface area contributed by atoms with Crippen molar-refractivity contribution in [2.24, 2.45) is 0 Å². The minimum atomic E-state index is -3.30. The molecule has 0 aliphatic carbocycles. The summed E-state index contributed by atoms with van der Waals surface area (Å²) >= 11 is 4.92. The molecule has 26 heavy (non-hydrogen) atoms.